The number of benzene rings is 2. The van der Waals surface area contributed by atoms with Crippen molar-refractivity contribution in [1.82, 2.24) is 15.1 Å². The van der Waals surface area contributed by atoms with Gasteiger partial charge in [-0.3, -0.25) is 14.4 Å². The van der Waals surface area contributed by atoms with Crippen molar-refractivity contribution in [3.05, 3.63) is 106 Å². The number of aromatic nitrogens is 1. The molecule has 4 heterocycles. The third-order valence-electron chi connectivity index (χ3n) is 7.51. The number of fused-ring (bicyclic) bond motifs is 4. The number of methoxy groups -OCH3 is 1. The smallest absolute Gasteiger partial charge is 0.376 e. The minimum absolute atomic E-state index is 0.0165. The van der Waals surface area contributed by atoms with Gasteiger partial charge in [0, 0.05) is 49.0 Å². The molecule has 11 nitrogen and oxygen atoms in total. The van der Waals surface area contributed by atoms with Crippen molar-refractivity contribution in [1.29, 1.82) is 0 Å². The molecule has 11 heteroatoms. The number of nitrogens with one attached hydrogen (secondary N) is 1. The van der Waals surface area contributed by atoms with Crippen LogP contribution in [0.4, 0.5) is 5.69 Å². The monoisotopic (exact) mass is 553 g/mol. The Morgan fingerprint density at radius 2 is 1.76 bits per heavy atom. The van der Waals surface area contributed by atoms with Crippen molar-refractivity contribution < 1.29 is 24.0 Å². The van der Waals surface area contributed by atoms with Gasteiger partial charge in [0.1, 0.15) is 11.5 Å². The Bertz CT molecular complexity index is 1630. The molecule has 6 rings (SSSR count). The number of carbonyl (C=O) groups excluding carboxylic acids is 3. The van der Waals surface area contributed by atoms with Crippen LogP contribution < -0.4 is 20.9 Å². The molecule has 2 unspecified atom stereocenters. The average molecular weight is 554 g/mol. The average Bonchev–Trinajstić information content (AvgIpc) is 3.36. The Hall–Kier alpha value is -5.03. The largest absolute Gasteiger partial charge is 0.497 e. The first-order valence-electron chi connectivity index (χ1n) is 13.2. The number of ether oxygens (including phenoxy) is 1. The first-order chi connectivity index (χ1) is 19.9. The fraction of sp³-hybridized carbons (Fsp3) is 0.233. The summed E-state index contributed by atoms with van der Waals surface area (Å²) < 4.78 is 6.99. The summed E-state index contributed by atoms with van der Waals surface area (Å²) in [4.78, 5) is 63.3. The number of carbonyl (C=O) groups is 3. The van der Waals surface area contributed by atoms with E-state index in [1.165, 1.54) is 11.1 Å². The first-order valence-corrected chi connectivity index (χ1v) is 13.2. The second-order valence-electron chi connectivity index (χ2n) is 10.1. The van der Waals surface area contributed by atoms with Crippen LogP contribution in [0.5, 0.6) is 5.75 Å². The van der Waals surface area contributed by atoms with Crippen molar-refractivity contribution in [2.75, 3.05) is 25.2 Å². The number of likely N-dealkylation sites (tertiary alicyclic amines) is 1. The van der Waals surface area contributed by atoms with Crippen LogP contribution in [0.25, 0.3) is 0 Å². The minimum atomic E-state index is -0.739. The maximum Gasteiger partial charge on any atom is 0.376 e. The summed E-state index contributed by atoms with van der Waals surface area (Å²) in [7, 11) is 1.55. The van der Waals surface area contributed by atoms with E-state index in [1.54, 1.807) is 83.3 Å². The number of pyridine rings is 1. The third kappa shape index (κ3) is 5.14. The molecule has 3 aromatic rings. The maximum atomic E-state index is 14.0. The van der Waals surface area contributed by atoms with Gasteiger partial charge < -0.3 is 19.0 Å². The van der Waals surface area contributed by atoms with Gasteiger partial charge in [0.25, 0.3) is 17.4 Å². The van der Waals surface area contributed by atoms with E-state index in [2.05, 4.69) is 10.6 Å². The number of amides is 2. The standard InChI is InChI=1S/C30H27N5O6/c1-40-23-12-10-22(11-13-23)35-26(30(39)41-32-35)15-24(31-28(37)20-6-3-2-4-7-20)29(38)33-16-19-14-21(18-33)25-8-5-9-27(36)34(25)17-19/h2-13,15,19,21,32H,14,16-18H2,1H3/b26-15+,31-24?. The predicted molar refractivity (Wildman–Crippen MR) is 149 cm³/mol. The van der Waals surface area contributed by atoms with E-state index < -0.39 is 17.8 Å². The van der Waals surface area contributed by atoms with Gasteiger partial charge in [0.2, 0.25) is 0 Å². The van der Waals surface area contributed by atoms with Crippen molar-refractivity contribution in [2.45, 2.75) is 18.9 Å². The molecule has 0 spiro atoms. The fourth-order valence-electron chi connectivity index (χ4n) is 5.58. The zero-order valence-electron chi connectivity index (χ0n) is 22.2. The van der Waals surface area contributed by atoms with Gasteiger partial charge >= 0.3 is 5.97 Å². The molecular weight excluding hydrogens is 526 g/mol. The van der Waals surface area contributed by atoms with E-state index in [-0.39, 0.29) is 28.8 Å². The molecule has 2 bridgehead atoms. The summed E-state index contributed by atoms with van der Waals surface area (Å²) in [6.45, 7) is 1.25. The van der Waals surface area contributed by atoms with E-state index in [4.69, 9.17) is 9.57 Å². The highest BCUT2D eigenvalue weighted by Gasteiger charge is 2.38. The van der Waals surface area contributed by atoms with Crippen molar-refractivity contribution in [3.8, 4) is 5.75 Å². The first kappa shape index (κ1) is 26.2. The van der Waals surface area contributed by atoms with Crippen LogP contribution in [0.1, 0.15) is 28.4 Å². The molecule has 41 heavy (non-hydrogen) atoms. The molecule has 3 aliphatic heterocycles. The highest BCUT2D eigenvalue weighted by Crippen LogP contribution is 2.35. The Morgan fingerprint density at radius 3 is 2.51 bits per heavy atom. The molecule has 2 saturated heterocycles. The number of hydrogen-bond donors (Lipinski definition) is 1. The van der Waals surface area contributed by atoms with Crippen molar-refractivity contribution in [2.24, 2.45) is 10.9 Å². The van der Waals surface area contributed by atoms with Gasteiger partial charge in [-0.15, -0.1) is 0 Å². The van der Waals surface area contributed by atoms with Crippen LogP contribution in [0, 0.1) is 5.92 Å². The summed E-state index contributed by atoms with van der Waals surface area (Å²) in [6.07, 6.45) is 2.13. The van der Waals surface area contributed by atoms with Crippen LogP contribution in [-0.4, -0.2) is 53.2 Å². The fourth-order valence-corrected chi connectivity index (χ4v) is 5.58. The highest BCUT2D eigenvalue weighted by atomic mass is 16.7. The molecule has 1 N–H and O–H groups in total. The molecule has 208 valence electrons. The molecule has 3 aliphatic rings. The van der Waals surface area contributed by atoms with Gasteiger partial charge in [-0.2, -0.15) is 0 Å². The minimum Gasteiger partial charge on any atom is -0.497 e. The molecule has 1 aromatic heterocycles. The number of rotatable bonds is 5. The molecule has 2 aromatic carbocycles. The third-order valence-corrected chi connectivity index (χ3v) is 7.51. The van der Waals surface area contributed by atoms with Gasteiger partial charge in [0.05, 0.1) is 12.8 Å². The van der Waals surface area contributed by atoms with E-state index in [0.29, 0.717) is 36.6 Å². The lowest BCUT2D eigenvalue weighted by atomic mass is 9.83. The van der Waals surface area contributed by atoms with E-state index in [9.17, 15) is 19.2 Å². The molecule has 2 fully saturated rings. The zero-order chi connectivity index (χ0) is 28.5. The zero-order valence-corrected chi connectivity index (χ0v) is 22.2. The molecular formula is C30H27N5O6. The summed E-state index contributed by atoms with van der Waals surface area (Å²) in [5.41, 5.74) is 4.01. The van der Waals surface area contributed by atoms with E-state index in [1.807, 2.05) is 6.07 Å². The van der Waals surface area contributed by atoms with Gasteiger partial charge in [0.15, 0.2) is 5.70 Å². The Morgan fingerprint density at radius 1 is 0.976 bits per heavy atom. The molecule has 2 amide bonds. The van der Waals surface area contributed by atoms with Gasteiger partial charge in [-0.05, 0) is 54.8 Å². The van der Waals surface area contributed by atoms with Crippen LogP contribution >= 0.6 is 0 Å². The summed E-state index contributed by atoms with van der Waals surface area (Å²) in [5, 5.41) is 1.37. The number of hydrazine groups is 1. The van der Waals surface area contributed by atoms with Crippen molar-refractivity contribution >= 4 is 29.2 Å². The Balaban J connectivity index is 1.36. The quantitative estimate of drug-likeness (QED) is 0.378. The highest BCUT2D eigenvalue weighted by molar-refractivity contribution is 6.45. The summed E-state index contributed by atoms with van der Waals surface area (Å²) >= 11 is 0. The Labute approximate surface area is 235 Å². The normalized spacial score (nSPS) is 21.0. The number of hydrogen-bond acceptors (Lipinski definition) is 8. The maximum absolute atomic E-state index is 14.0. The summed E-state index contributed by atoms with van der Waals surface area (Å²) in [5.74, 6) is -1.19. The number of anilines is 1. The SMILES string of the molecule is COc1ccc(N2NOC(=O)/C2=C\C(=NC(=O)c2ccccc2)C(=O)N2CC3CC(C2)c2cccc(=O)n2C3)cc1. The second-order valence-corrected chi connectivity index (χ2v) is 10.1. The van der Waals surface area contributed by atoms with E-state index >= 15 is 0 Å². The number of nitrogens with zero attached hydrogens (tertiary/aromatic N) is 4. The lowest BCUT2D eigenvalue weighted by Gasteiger charge is -2.42. The molecule has 0 aliphatic carbocycles. The topological polar surface area (TPSA) is 123 Å². The molecule has 2 atom stereocenters. The molecule has 0 radical (unpaired) electrons. The van der Waals surface area contributed by atoms with Gasteiger partial charge in [-0.1, -0.05) is 29.9 Å². The van der Waals surface area contributed by atoms with Crippen molar-refractivity contribution in [3.63, 3.8) is 0 Å². The van der Waals surface area contributed by atoms with Crippen LogP contribution in [0.3, 0.4) is 0 Å². The van der Waals surface area contributed by atoms with Crippen LogP contribution in [0.2, 0.25) is 0 Å². The van der Waals surface area contributed by atoms with Crippen LogP contribution in [-0.2, 0) is 21.0 Å². The summed E-state index contributed by atoms with van der Waals surface area (Å²) in [6, 6.07) is 20.4. The lowest BCUT2D eigenvalue weighted by Crippen LogP contribution is -2.50. The predicted octanol–water partition coefficient (Wildman–Crippen LogP) is 2.45. The van der Waals surface area contributed by atoms with Crippen LogP contribution in [0.15, 0.2) is 94.4 Å². The van der Waals surface area contributed by atoms with E-state index in [0.717, 1.165) is 12.1 Å². The number of piperidine rings is 1. The molecule has 0 saturated carbocycles. The Kier molecular flexibility index (Phi) is 6.94. The van der Waals surface area contributed by atoms with Gasteiger partial charge in [-0.25, -0.2) is 14.8 Å². The number of aliphatic imine (C=N–C) groups is 1. The second kappa shape index (κ2) is 10.9. The lowest BCUT2D eigenvalue weighted by molar-refractivity contribution is -0.140.